The van der Waals surface area contributed by atoms with Crippen LogP contribution in [0.15, 0.2) is 23.1 Å². The number of benzene rings is 1. The van der Waals surface area contributed by atoms with Crippen LogP contribution in [0.25, 0.3) is 10.4 Å². The van der Waals surface area contributed by atoms with E-state index in [0.717, 1.165) is 47.2 Å². The molecular formula is C20H30N4O3S2. The number of nitrogens with zero attached hydrogens (tertiary/aromatic N) is 1. The third-order valence-corrected chi connectivity index (χ3v) is 7.32. The molecule has 0 aliphatic carbocycles. The number of hydrogen-bond acceptors (Lipinski definition) is 7. The van der Waals surface area contributed by atoms with Crippen molar-refractivity contribution in [3.8, 4) is 16.2 Å². The summed E-state index contributed by atoms with van der Waals surface area (Å²) in [5.74, 6) is 0.338. The molecule has 160 valence electrons. The van der Waals surface area contributed by atoms with E-state index < -0.39 is 10.0 Å². The molecule has 1 aliphatic heterocycles. The summed E-state index contributed by atoms with van der Waals surface area (Å²) in [6.45, 7) is 9.79. The van der Waals surface area contributed by atoms with Gasteiger partial charge in [0.25, 0.3) is 0 Å². The average Bonchev–Trinajstić information content (AvgIpc) is 3.00. The Balaban J connectivity index is 1.95. The maximum atomic E-state index is 13.1. The molecule has 0 atom stereocenters. The fraction of sp³-hybridized carbons (Fsp3) is 0.550. The highest BCUT2D eigenvalue weighted by Crippen LogP contribution is 2.37. The van der Waals surface area contributed by atoms with Crippen molar-refractivity contribution in [1.82, 2.24) is 15.0 Å². The van der Waals surface area contributed by atoms with Crippen LogP contribution in [0.5, 0.6) is 5.75 Å². The highest BCUT2D eigenvalue weighted by atomic mass is 32.2. The van der Waals surface area contributed by atoms with Gasteiger partial charge in [0.05, 0.1) is 17.7 Å². The summed E-state index contributed by atoms with van der Waals surface area (Å²) in [4.78, 5) is 5.71. The van der Waals surface area contributed by atoms with Crippen LogP contribution in [0.1, 0.15) is 39.3 Å². The Morgan fingerprint density at radius 2 is 1.93 bits per heavy atom. The van der Waals surface area contributed by atoms with Crippen molar-refractivity contribution in [1.29, 1.82) is 0 Å². The number of thiazole rings is 1. The second-order valence-electron chi connectivity index (χ2n) is 8.32. The number of anilines is 1. The molecule has 0 radical (unpaired) electrons. The first-order chi connectivity index (χ1) is 13.6. The van der Waals surface area contributed by atoms with Crippen molar-refractivity contribution in [3.63, 3.8) is 0 Å². The molecule has 0 amide bonds. The molecule has 9 heteroatoms. The Bertz CT molecular complexity index is 959. The molecule has 3 N–H and O–H groups in total. The van der Waals surface area contributed by atoms with Gasteiger partial charge in [0, 0.05) is 11.6 Å². The van der Waals surface area contributed by atoms with Gasteiger partial charge in [0.1, 0.15) is 10.6 Å². The molecule has 2 aromatic rings. The Kier molecular flexibility index (Phi) is 6.52. The van der Waals surface area contributed by atoms with Crippen LogP contribution in [0.2, 0.25) is 0 Å². The predicted molar refractivity (Wildman–Crippen MR) is 118 cm³/mol. The van der Waals surface area contributed by atoms with Crippen LogP contribution in [0, 0.1) is 6.92 Å². The van der Waals surface area contributed by atoms with Crippen molar-refractivity contribution < 1.29 is 13.2 Å². The van der Waals surface area contributed by atoms with Crippen LogP contribution >= 0.6 is 11.3 Å². The van der Waals surface area contributed by atoms with E-state index in [1.807, 2.05) is 13.0 Å². The number of aromatic nitrogens is 1. The van der Waals surface area contributed by atoms with E-state index in [1.165, 1.54) is 18.4 Å². The van der Waals surface area contributed by atoms with Gasteiger partial charge in [-0.2, -0.15) is 0 Å². The number of rotatable bonds is 6. The van der Waals surface area contributed by atoms with E-state index in [-0.39, 0.29) is 16.5 Å². The van der Waals surface area contributed by atoms with Gasteiger partial charge in [-0.25, -0.2) is 18.1 Å². The smallest absolute Gasteiger partial charge is 0.244 e. The molecule has 29 heavy (non-hydrogen) atoms. The number of ether oxygens (including phenoxy) is 1. The number of methoxy groups -OCH3 is 1. The summed E-state index contributed by atoms with van der Waals surface area (Å²) in [5, 5.41) is 7.44. The largest absolute Gasteiger partial charge is 0.495 e. The molecule has 0 bridgehead atoms. The van der Waals surface area contributed by atoms with E-state index >= 15 is 0 Å². The summed E-state index contributed by atoms with van der Waals surface area (Å²) in [6.07, 6.45) is 1.55. The Morgan fingerprint density at radius 1 is 1.24 bits per heavy atom. The number of hydrogen-bond donors (Lipinski definition) is 3. The predicted octanol–water partition coefficient (Wildman–Crippen LogP) is 3.37. The zero-order chi connectivity index (χ0) is 21.2. The zero-order valence-corrected chi connectivity index (χ0v) is 19.3. The quantitative estimate of drug-likeness (QED) is 0.640. The Labute approximate surface area is 177 Å². The first-order valence-corrected chi connectivity index (χ1v) is 12.1. The van der Waals surface area contributed by atoms with Crippen LogP contribution in [-0.2, 0) is 10.0 Å². The lowest BCUT2D eigenvalue weighted by Crippen LogP contribution is -2.42. The van der Waals surface area contributed by atoms with Crippen molar-refractivity contribution in [2.45, 2.75) is 57.0 Å². The molecule has 1 aromatic heterocycles. The number of piperidine rings is 1. The van der Waals surface area contributed by atoms with E-state index in [1.54, 1.807) is 12.1 Å². The molecular weight excluding hydrogens is 408 g/mol. The number of sulfonamides is 1. The minimum absolute atomic E-state index is 0.0673. The van der Waals surface area contributed by atoms with Crippen LogP contribution < -0.4 is 20.1 Å². The van der Waals surface area contributed by atoms with Gasteiger partial charge < -0.3 is 15.4 Å². The summed E-state index contributed by atoms with van der Waals surface area (Å²) >= 11 is 1.52. The zero-order valence-electron chi connectivity index (χ0n) is 17.6. The van der Waals surface area contributed by atoms with E-state index in [0.29, 0.717) is 5.75 Å². The van der Waals surface area contributed by atoms with Gasteiger partial charge in [0.2, 0.25) is 10.0 Å². The van der Waals surface area contributed by atoms with Crippen LogP contribution in [0.3, 0.4) is 0 Å². The summed E-state index contributed by atoms with van der Waals surface area (Å²) in [7, 11) is -2.21. The van der Waals surface area contributed by atoms with Crippen molar-refractivity contribution in [2.24, 2.45) is 0 Å². The summed E-state index contributed by atoms with van der Waals surface area (Å²) in [6, 6.07) is 5.21. The molecule has 1 saturated heterocycles. The van der Waals surface area contributed by atoms with Gasteiger partial charge in [0.15, 0.2) is 5.13 Å². The molecule has 0 saturated carbocycles. The number of aryl methyl sites for hydroxylation is 1. The van der Waals surface area contributed by atoms with Gasteiger partial charge in [-0.1, -0.05) is 11.3 Å². The molecule has 2 heterocycles. The van der Waals surface area contributed by atoms with E-state index in [4.69, 9.17) is 4.74 Å². The molecule has 7 nitrogen and oxygen atoms in total. The molecule has 1 aliphatic rings. The maximum absolute atomic E-state index is 13.1. The fourth-order valence-corrected chi connectivity index (χ4v) is 5.96. The van der Waals surface area contributed by atoms with Gasteiger partial charge in [-0.05, 0) is 77.4 Å². The molecule has 0 spiro atoms. The first kappa shape index (κ1) is 22.0. The standard InChI is InChI=1S/C20H30N4O3S2/c1-13-18(28-19(22-13)23-20(2,3)4)14-6-7-16(27-5)17(12-14)29(25,26)24-15-8-10-21-11-9-15/h6-7,12,15,21,24H,8-11H2,1-5H3,(H,22,23). The van der Waals surface area contributed by atoms with Crippen LogP contribution in [0.4, 0.5) is 5.13 Å². The summed E-state index contributed by atoms with van der Waals surface area (Å²) in [5.41, 5.74) is 1.57. The third kappa shape index (κ3) is 5.48. The van der Waals surface area contributed by atoms with Crippen molar-refractivity contribution >= 4 is 26.5 Å². The average molecular weight is 439 g/mol. The minimum atomic E-state index is -3.70. The molecule has 1 aromatic carbocycles. The van der Waals surface area contributed by atoms with Gasteiger partial charge in [-0.15, -0.1) is 0 Å². The normalized spacial score (nSPS) is 16.0. The second-order valence-corrected chi connectivity index (χ2v) is 11.0. The van der Waals surface area contributed by atoms with E-state index in [9.17, 15) is 8.42 Å². The second kappa shape index (κ2) is 8.59. The monoisotopic (exact) mass is 438 g/mol. The van der Waals surface area contributed by atoms with E-state index in [2.05, 4.69) is 41.1 Å². The van der Waals surface area contributed by atoms with Crippen molar-refractivity contribution in [2.75, 3.05) is 25.5 Å². The van der Waals surface area contributed by atoms with Crippen molar-refractivity contribution in [3.05, 3.63) is 23.9 Å². The minimum Gasteiger partial charge on any atom is -0.495 e. The topological polar surface area (TPSA) is 92.3 Å². The SMILES string of the molecule is COc1ccc(-c2sc(NC(C)(C)C)nc2C)cc1S(=O)(=O)NC1CCNCC1. The maximum Gasteiger partial charge on any atom is 0.244 e. The Morgan fingerprint density at radius 3 is 2.55 bits per heavy atom. The fourth-order valence-electron chi connectivity index (χ4n) is 3.29. The third-order valence-electron chi connectivity index (χ3n) is 4.65. The lowest BCUT2D eigenvalue weighted by molar-refractivity contribution is 0.399. The summed E-state index contributed by atoms with van der Waals surface area (Å²) < 4.78 is 34.4. The Hall–Kier alpha value is -1.68. The first-order valence-electron chi connectivity index (χ1n) is 9.76. The highest BCUT2D eigenvalue weighted by Gasteiger charge is 2.26. The highest BCUT2D eigenvalue weighted by molar-refractivity contribution is 7.89. The molecule has 3 rings (SSSR count). The molecule has 0 unspecified atom stereocenters. The van der Waals surface area contributed by atoms with Gasteiger partial charge >= 0.3 is 0 Å². The number of nitrogens with one attached hydrogen (secondary N) is 3. The van der Waals surface area contributed by atoms with Crippen LogP contribution in [-0.4, -0.2) is 45.2 Å². The van der Waals surface area contributed by atoms with Gasteiger partial charge in [-0.3, -0.25) is 0 Å². The molecule has 1 fully saturated rings. The lowest BCUT2D eigenvalue weighted by atomic mass is 10.1. The lowest BCUT2D eigenvalue weighted by Gasteiger charge is -2.24.